The van der Waals surface area contributed by atoms with Crippen molar-refractivity contribution in [2.45, 2.75) is 18.6 Å². The van der Waals surface area contributed by atoms with Gasteiger partial charge in [-0.15, -0.1) is 0 Å². The van der Waals surface area contributed by atoms with Crippen LogP contribution >= 0.6 is 0 Å². The van der Waals surface area contributed by atoms with Crippen LogP contribution in [0, 0.1) is 17.6 Å². The van der Waals surface area contributed by atoms with Crippen molar-refractivity contribution in [2.75, 3.05) is 44.3 Å². The molecule has 174 valence electrons. The number of halogens is 2. The van der Waals surface area contributed by atoms with Crippen molar-refractivity contribution in [1.29, 1.82) is 0 Å². The van der Waals surface area contributed by atoms with E-state index in [-0.39, 0.29) is 12.5 Å². The summed E-state index contributed by atoms with van der Waals surface area (Å²) in [6.07, 6.45) is 3.51. The molecule has 2 atom stereocenters. The molecule has 33 heavy (non-hydrogen) atoms. The van der Waals surface area contributed by atoms with Gasteiger partial charge in [0, 0.05) is 49.4 Å². The van der Waals surface area contributed by atoms with E-state index in [1.54, 1.807) is 11.0 Å². The summed E-state index contributed by atoms with van der Waals surface area (Å²) in [7, 11) is 0. The Balaban J connectivity index is 1.26. The maximum Gasteiger partial charge on any atom is 0.137 e. The van der Waals surface area contributed by atoms with Gasteiger partial charge in [-0.1, -0.05) is 6.07 Å². The van der Waals surface area contributed by atoms with E-state index in [4.69, 9.17) is 9.47 Å². The molecule has 2 aliphatic heterocycles. The maximum absolute atomic E-state index is 14.7. The topological polar surface area (TPSA) is 64.4 Å². The number of hydrogen-bond acceptors (Lipinski definition) is 6. The highest BCUT2D eigenvalue weighted by Gasteiger charge is 2.44. The Hall–Kier alpha value is -3.04. The monoisotopic (exact) mass is 455 g/mol. The lowest BCUT2D eigenvalue weighted by Gasteiger charge is -2.29. The van der Waals surface area contributed by atoms with Crippen LogP contribution in [-0.4, -0.2) is 54.2 Å². The number of nitrogens with one attached hydrogen (secondary N) is 1. The molecule has 2 fully saturated rings. The van der Waals surface area contributed by atoms with Crippen molar-refractivity contribution in [3.8, 4) is 5.75 Å². The third-order valence-corrected chi connectivity index (χ3v) is 6.32. The van der Waals surface area contributed by atoms with Crippen LogP contribution < -0.4 is 15.0 Å². The predicted molar refractivity (Wildman–Crippen MR) is 119 cm³/mol. The summed E-state index contributed by atoms with van der Waals surface area (Å²) < 4.78 is 42.1. The largest absolute Gasteiger partial charge is 0.493 e. The molecule has 2 aromatic carbocycles. The van der Waals surface area contributed by atoms with Crippen LogP contribution in [0.1, 0.15) is 12.0 Å². The molecular weight excluding hydrogens is 428 g/mol. The molecular formula is C24H27F2N5O2. The van der Waals surface area contributed by atoms with Crippen LogP contribution in [-0.2, 0) is 16.9 Å². The van der Waals surface area contributed by atoms with Gasteiger partial charge in [-0.05, 0) is 36.8 Å². The minimum atomic E-state index is -0.967. The quantitative estimate of drug-likeness (QED) is 0.591. The molecule has 9 heteroatoms. The van der Waals surface area contributed by atoms with E-state index in [1.807, 2.05) is 12.1 Å². The minimum Gasteiger partial charge on any atom is -0.493 e. The van der Waals surface area contributed by atoms with E-state index in [2.05, 4.69) is 32.4 Å². The molecule has 7 nitrogen and oxygen atoms in total. The first-order chi connectivity index (χ1) is 16.1. The van der Waals surface area contributed by atoms with Crippen LogP contribution in [0.5, 0.6) is 5.75 Å². The molecule has 3 heterocycles. The van der Waals surface area contributed by atoms with Crippen molar-refractivity contribution in [2.24, 2.45) is 5.92 Å². The number of rotatable bonds is 7. The fourth-order valence-electron chi connectivity index (χ4n) is 4.68. The second kappa shape index (κ2) is 9.44. The average Bonchev–Trinajstić information content (AvgIpc) is 3.49. The number of ether oxygens (including phenoxy) is 2. The Morgan fingerprint density at radius 1 is 1.12 bits per heavy atom. The first kappa shape index (κ1) is 21.8. The number of anilines is 1. The van der Waals surface area contributed by atoms with Gasteiger partial charge < -0.3 is 19.7 Å². The third kappa shape index (κ3) is 4.84. The van der Waals surface area contributed by atoms with E-state index in [9.17, 15) is 8.78 Å². The van der Waals surface area contributed by atoms with E-state index in [0.717, 1.165) is 38.0 Å². The average molecular weight is 456 g/mol. The van der Waals surface area contributed by atoms with Gasteiger partial charge in [0.1, 0.15) is 35.6 Å². The van der Waals surface area contributed by atoms with Crippen molar-refractivity contribution < 1.29 is 18.3 Å². The second-order valence-corrected chi connectivity index (χ2v) is 8.63. The Labute approximate surface area is 191 Å². The zero-order chi connectivity index (χ0) is 22.7. The molecule has 0 radical (unpaired) electrons. The molecule has 0 amide bonds. The smallest absolute Gasteiger partial charge is 0.137 e. The molecule has 2 aliphatic rings. The van der Waals surface area contributed by atoms with E-state index in [1.165, 1.54) is 24.1 Å². The van der Waals surface area contributed by atoms with Crippen LogP contribution in [0.25, 0.3) is 0 Å². The normalized spacial score (nSPS) is 23.1. The molecule has 0 saturated carbocycles. The van der Waals surface area contributed by atoms with Crippen molar-refractivity contribution >= 4 is 5.69 Å². The van der Waals surface area contributed by atoms with Gasteiger partial charge in [-0.2, -0.15) is 5.10 Å². The first-order valence-corrected chi connectivity index (χ1v) is 11.2. The van der Waals surface area contributed by atoms with Crippen molar-refractivity contribution in [3.63, 3.8) is 0 Å². The first-order valence-electron chi connectivity index (χ1n) is 11.2. The van der Waals surface area contributed by atoms with Crippen LogP contribution in [0.15, 0.2) is 55.1 Å². The SMILES string of the molecule is Fc1ccc([C@@]2(Cn3cncn3)C[C@H](COc3ccc(N4CCNCC4)cc3)CO2)c(F)c1. The molecule has 0 unspecified atom stereocenters. The summed E-state index contributed by atoms with van der Waals surface area (Å²) in [5.74, 6) is -0.407. The number of hydrogen-bond donors (Lipinski definition) is 1. The zero-order valence-electron chi connectivity index (χ0n) is 18.3. The summed E-state index contributed by atoms with van der Waals surface area (Å²) in [4.78, 5) is 6.32. The summed E-state index contributed by atoms with van der Waals surface area (Å²) in [5.41, 5.74) is 0.542. The summed E-state index contributed by atoms with van der Waals surface area (Å²) in [5, 5.41) is 7.51. The summed E-state index contributed by atoms with van der Waals surface area (Å²) in [6.45, 7) is 5.10. The van der Waals surface area contributed by atoms with E-state index >= 15 is 0 Å². The highest BCUT2D eigenvalue weighted by molar-refractivity contribution is 5.49. The van der Waals surface area contributed by atoms with Crippen molar-refractivity contribution in [3.05, 3.63) is 72.3 Å². The highest BCUT2D eigenvalue weighted by Crippen LogP contribution is 2.42. The molecule has 5 rings (SSSR count). The number of piperazine rings is 1. The minimum absolute atomic E-state index is 0.0471. The van der Waals surface area contributed by atoms with Crippen LogP contribution in [0.2, 0.25) is 0 Å². The van der Waals surface area contributed by atoms with E-state index in [0.29, 0.717) is 25.2 Å². The van der Waals surface area contributed by atoms with Gasteiger partial charge in [0.15, 0.2) is 0 Å². The summed E-state index contributed by atoms with van der Waals surface area (Å²) >= 11 is 0. The second-order valence-electron chi connectivity index (χ2n) is 8.63. The van der Waals surface area contributed by atoms with E-state index < -0.39 is 17.2 Å². The standard InChI is InChI=1S/C24H27F2N5O2/c25-19-1-6-22(23(26)11-19)24(15-31-17-28-16-29-31)12-18(14-33-24)13-32-21-4-2-20(3-5-21)30-9-7-27-8-10-30/h1-6,11,16-18,27H,7-10,12-15H2/t18-,24+/m1/s1. The Bertz CT molecular complexity index is 1060. The maximum atomic E-state index is 14.7. The lowest BCUT2D eigenvalue weighted by atomic mass is 9.87. The van der Waals surface area contributed by atoms with Gasteiger partial charge in [0.05, 0.1) is 19.8 Å². The fraction of sp³-hybridized carbons (Fsp3) is 0.417. The molecule has 1 N–H and O–H groups in total. The lowest BCUT2D eigenvalue weighted by molar-refractivity contribution is -0.0206. The van der Waals surface area contributed by atoms with Gasteiger partial charge in [-0.25, -0.2) is 18.4 Å². The third-order valence-electron chi connectivity index (χ3n) is 6.32. The Kier molecular flexibility index (Phi) is 6.24. The fourth-order valence-corrected chi connectivity index (χ4v) is 4.68. The number of benzene rings is 2. The van der Waals surface area contributed by atoms with Crippen LogP contribution in [0.3, 0.4) is 0 Å². The number of aromatic nitrogens is 3. The molecule has 2 saturated heterocycles. The zero-order valence-corrected chi connectivity index (χ0v) is 18.3. The van der Waals surface area contributed by atoms with Gasteiger partial charge in [0.25, 0.3) is 0 Å². The van der Waals surface area contributed by atoms with Crippen molar-refractivity contribution in [1.82, 2.24) is 20.1 Å². The Morgan fingerprint density at radius 2 is 1.94 bits per heavy atom. The number of nitrogens with zero attached hydrogens (tertiary/aromatic N) is 4. The molecule has 1 aromatic heterocycles. The molecule has 0 spiro atoms. The Morgan fingerprint density at radius 3 is 2.67 bits per heavy atom. The van der Waals surface area contributed by atoms with Gasteiger partial charge >= 0.3 is 0 Å². The van der Waals surface area contributed by atoms with Gasteiger partial charge in [0.2, 0.25) is 0 Å². The molecule has 0 bridgehead atoms. The molecule has 0 aliphatic carbocycles. The lowest BCUT2D eigenvalue weighted by Crippen LogP contribution is -2.43. The summed E-state index contributed by atoms with van der Waals surface area (Å²) in [6, 6.07) is 11.7. The highest BCUT2D eigenvalue weighted by atomic mass is 19.1. The predicted octanol–water partition coefficient (Wildman–Crippen LogP) is 2.98. The van der Waals surface area contributed by atoms with Crippen LogP contribution in [0.4, 0.5) is 14.5 Å². The molecule has 3 aromatic rings. The van der Waals surface area contributed by atoms with Gasteiger partial charge in [-0.3, -0.25) is 0 Å².